The summed E-state index contributed by atoms with van der Waals surface area (Å²) in [5.74, 6) is 1.54. The molecule has 1 aliphatic heterocycles. The van der Waals surface area contributed by atoms with Crippen molar-refractivity contribution in [2.45, 2.75) is 57.6 Å². The number of methoxy groups -OCH3 is 2. The first-order chi connectivity index (χ1) is 12.1. The molecule has 138 valence electrons. The predicted molar refractivity (Wildman–Crippen MR) is 96.3 cm³/mol. The van der Waals surface area contributed by atoms with Crippen LogP contribution in [0.3, 0.4) is 0 Å². The highest BCUT2D eigenvalue weighted by Gasteiger charge is 2.39. The third kappa shape index (κ3) is 3.47. The molecule has 2 aliphatic rings. The number of carbonyl (C=O) groups excluding carboxylic acids is 1. The van der Waals surface area contributed by atoms with Crippen LogP contribution in [-0.4, -0.2) is 48.8 Å². The van der Waals surface area contributed by atoms with E-state index in [-0.39, 0.29) is 24.0 Å². The van der Waals surface area contributed by atoms with Crippen molar-refractivity contribution in [2.24, 2.45) is 5.92 Å². The Bertz CT molecular complexity index is 605. The van der Waals surface area contributed by atoms with Crippen molar-refractivity contribution in [3.63, 3.8) is 0 Å². The summed E-state index contributed by atoms with van der Waals surface area (Å²) in [5, 5.41) is 10.4. The lowest BCUT2D eigenvalue weighted by Gasteiger charge is -2.37. The number of hydrogen-bond donors (Lipinski definition) is 1. The van der Waals surface area contributed by atoms with Crippen LogP contribution in [0.4, 0.5) is 0 Å². The van der Waals surface area contributed by atoms with Crippen molar-refractivity contribution in [3.05, 3.63) is 23.3 Å². The topological polar surface area (TPSA) is 59.0 Å². The van der Waals surface area contributed by atoms with Gasteiger partial charge in [0.05, 0.1) is 20.3 Å². The Balaban J connectivity index is 1.86. The van der Waals surface area contributed by atoms with Gasteiger partial charge in [-0.25, -0.2) is 0 Å². The second kappa shape index (κ2) is 7.65. The summed E-state index contributed by atoms with van der Waals surface area (Å²) in [6, 6.07) is 3.74. The first kappa shape index (κ1) is 18.1. The molecule has 1 aromatic rings. The lowest BCUT2D eigenvalue weighted by molar-refractivity contribution is 0.0211. The number of nitrogens with zero attached hydrogens (tertiary/aromatic N) is 1. The normalized spacial score (nSPS) is 26.6. The molecule has 0 unspecified atom stereocenters. The standard InChI is InChI=1S/C20H29NO4/c1-13-18(24-2)11-14(12-19(13)25-3)20(23)21-10-6-8-16(21)15-7-4-5-9-17(15)22/h11-12,15-17,22H,4-10H2,1-3H3/t15-,16-,17-/m1/s1. The molecular formula is C20H29NO4. The maximum Gasteiger partial charge on any atom is 0.254 e. The van der Waals surface area contributed by atoms with Crippen LogP contribution in [0.15, 0.2) is 12.1 Å². The molecular weight excluding hydrogens is 318 g/mol. The number of likely N-dealkylation sites (tertiary alicyclic amines) is 1. The molecule has 1 aromatic carbocycles. The number of ether oxygens (including phenoxy) is 2. The molecule has 0 spiro atoms. The quantitative estimate of drug-likeness (QED) is 0.909. The summed E-state index contributed by atoms with van der Waals surface area (Å²) in [7, 11) is 3.21. The fourth-order valence-electron chi connectivity index (χ4n) is 4.45. The Morgan fingerprint density at radius 1 is 1.08 bits per heavy atom. The highest BCUT2D eigenvalue weighted by molar-refractivity contribution is 5.95. The molecule has 3 atom stereocenters. The molecule has 0 bridgehead atoms. The minimum absolute atomic E-state index is 0.0110. The van der Waals surface area contributed by atoms with Gasteiger partial charge in [-0.15, -0.1) is 0 Å². The van der Waals surface area contributed by atoms with Gasteiger partial charge in [-0.2, -0.15) is 0 Å². The molecule has 25 heavy (non-hydrogen) atoms. The molecule has 3 rings (SSSR count). The molecule has 1 amide bonds. The van der Waals surface area contributed by atoms with E-state index in [1.54, 1.807) is 26.4 Å². The second-order valence-electron chi connectivity index (χ2n) is 7.23. The molecule has 0 aromatic heterocycles. The number of benzene rings is 1. The van der Waals surface area contributed by atoms with Crippen LogP contribution in [-0.2, 0) is 0 Å². The van der Waals surface area contributed by atoms with Crippen molar-refractivity contribution in [2.75, 3.05) is 20.8 Å². The molecule has 1 N–H and O–H groups in total. The van der Waals surface area contributed by atoms with Crippen LogP contribution < -0.4 is 9.47 Å². The van der Waals surface area contributed by atoms with Crippen LogP contribution >= 0.6 is 0 Å². The van der Waals surface area contributed by atoms with Crippen molar-refractivity contribution in [1.29, 1.82) is 0 Å². The largest absolute Gasteiger partial charge is 0.496 e. The van der Waals surface area contributed by atoms with E-state index in [0.717, 1.165) is 50.6 Å². The third-order valence-electron chi connectivity index (χ3n) is 5.84. The predicted octanol–water partition coefficient (Wildman–Crippen LogP) is 3.17. The average molecular weight is 347 g/mol. The number of hydrogen-bond acceptors (Lipinski definition) is 4. The zero-order valence-corrected chi connectivity index (χ0v) is 15.5. The van der Waals surface area contributed by atoms with Crippen molar-refractivity contribution in [1.82, 2.24) is 4.90 Å². The maximum absolute atomic E-state index is 13.2. The molecule has 5 nitrogen and oxygen atoms in total. The minimum Gasteiger partial charge on any atom is -0.496 e. The number of rotatable bonds is 4. The minimum atomic E-state index is -0.283. The average Bonchev–Trinajstić information content (AvgIpc) is 3.11. The fourth-order valence-corrected chi connectivity index (χ4v) is 4.45. The van der Waals surface area contributed by atoms with Crippen molar-refractivity contribution < 1.29 is 19.4 Å². The van der Waals surface area contributed by atoms with E-state index < -0.39 is 0 Å². The van der Waals surface area contributed by atoms with Crippen molar-refractivity contribution in [3.8, 4) is 11.5 Å². The highest BCUT2D eigenvalue weighted by atomic mass is 16.5. The maximum atomic E-state index is 13.2. The zero-order valence-electron chi connectivity index (χ0n) is 15.5. The Morgan fingerprint density at radius 3 is 2.32 bits per heavy atom. The number of aliphatic hydroxyl groups is 1. The number of aliphatic hydroxyl groups excluding tert-OH is 1. The zero-order chi connectivity index (χ0) is 18.0. The van der Waals surface area contributed by atoms with Crippen molar-refractivity contribution >= 4 is 5.91 Å². The molecule has 1 heterocycles. The van der Waals surface area contributed by atoms with E-state index in [1.807, 2.05) is 11.8 Å². The highest BCUT2D eigenvalue weighted by Crippen LogP contribution is 2.36. The smallest absolute Gasteiger partial charge is 0.254 e. The van der Waals surface area contributed by atoms with E-state index in [1.165, 1.54) is 0 Å². The van der Waals surface area contributed by atoms with Gasteiger partial charge in [-0.1, -0.05) is 12.8 Å². The van der Waals surface area contributed by atoms with Gasteiger partial charge < -0.3 is 19.5 Å². The number of amides is 1. The first-order valence-corrected chi connectivity index (χ1v) is 9.28. The van der Waals surface area contributed by atoms with Crippen LogP contribution in [0.25, 0.3) is 0 Å². The Hall–Kier alpha value is -1.75. The first-order valence-electron chi connectivity index (χ1n) is 9.28. The van der Waals surface area contributed by atoms with Gasteiger partial charge >= 0.3 is 0 Å². The van der Waals surface area contributed by atoms with Crippen LogP contribution in [0.2, 0.25) is 0 Å². The second-order valence-corrected chi connectivity index (χ2v) is 7.23. The third-order valence-corrected chi connectivity index (χ3v) is 5.84. The monoisotopic (exact) mass is 347 g/mol. The number of carbonyl (C=O) groups is 1. The summed E-state index contributed by atoms with van der Waals surface area (Å²) >= 11 is 0. The lowest BCUT2D eigenvalue weighted by atomic mass is 9.80. The van der Waals surface area contributed by atoms with Gasteiger partial charge in [0.1, 0.15) is 11.5 Å². The molecule has 5 heteroatoms. The van der Waals surface area contributed by atoms with Gasteiger partial charge in [0, 0.05) is 29.6 Å². The summed E-state index contributed by atoms with van der Waals surface area (Å²) in [5.41, 5.74) is 1.48. The molecule has 0 radical (unpaired) electrons. The van der Waals surface area contributed by atoms with E-state index in [2.05, 4.69) is 0 Å². The summed E-state index contributed by atoms with van der Waals surface area (Å²) in [6.07, 6.45) is 5.80. The molecule has 1 saturated carbocycles. The molecule has 1 saturated heterocycles. The fraction of sp³-hybridized carbons (Fsp3) is 0.650. The van der Waals surface area contributed by atoms with E-state index >= 15 is 0 Å². The van der Waals surface area contributed by atoms with Gasteiger partial charge in [-0.3, -0.25) is 4.79 Å². The van der Waals surface area contributed by atoms with Gasteiger partial charge in [-0.05, 0) is 44.7 Å². The SMILES string of the molecule is COc1cc(C(=O)N2CCC[C@@H]2[C@H]2CCCC[C@H]2O)cc(OC)c1C. The van der Waals surface area contributed by atoms with Gasteiger partial charge in [0.2, 0.25) is 0 Å². The Labute approximate surface area is 149 Å². The Morgan fingerprint density at radius 2 is 1.72 bits per heavy atom. The van der Waals surface area contributed by atoms with Crippen LogP contribution in [0.1, 0.15) is 54.4 Å². The lowest BCUT2D eigenvalue weighted by Crippen LogP contribution is -2.45. The van der Waals surface area contributed by atoms with E-state index in [4.69, 9.17) is 9.47 Å². The van der Waals surface area contributed by atoms with Crippen LogP contribution in [0.5, 0.6) is 11.5 Å². The van der Waals surface area contributed by atoms with Crippen LogP contribution in [0, 0.1) is 12.8 Å². The summed E-state index contributed by atoms with van der Waals surface area (Å²) in [6.45, 7) is 2.67. The van der Waals surface area contributed by atoms with Gasteiger partial charge in [0.25, 0.3) is 5.91 Å². The van der Waals surface area contributed by atoms with E-state index in [0.29, 0.717) is 17.1 Å². The van der Waals surface area contributed by atoms with E-state index in [9.17, 15) is 9.90 Å². The summed E-state index contributed by atoms with van der Waals surface area (Å²) in [4.78, 5) is 15.1. The van der Waals surface area contributed by atoms with Gasteiger partial charge in [0.15, 0.2) is 0 Å². The summed E-state index contributed by atoms with van der Waals surface area (Å²) < 4.78 is 10.8. The molecule has 1 aliphatic carbocycles. The Kier molecular flexibility index (Phi) is 5.52. The molecule has 2 fully saturated rings.